The molecule has 0 radical (unpaired) electrons. The minimum Gasteiger partial charge on any atom is -0.363 e. The summed E-state index contributed by atoms with van der Waals surface area (Å²) < 4.78 is 0. The van der Waals surface area contributed by atoms with Crippen molar-refractivity contribution in [3.63, 3.8) is 0 Å². The maximum Gasteiger partial charge on any atom is 0.127 e. The molecule has 0 aliphatic rings. The maximum absolute atomic E-state index is 4.34. The first kappa shape index (κ1) is 10.5. The summed E-state index contributed by atoms with van der Waals surface area (Å²) in [5.41, 5.74) is 1.27. The van der Waals surface area contributed by atoms with Gasteiger partial charge in [-0.2, -0.15) is 0 Å². The molecule has 3 heteroatoms. The van der Waals surface area contributed by atoms with Crippen molar-refractivity contribution in [2.45, 2.75) is 18.2 Å². The molecule has 13 heavy (non-hydrogen) atoms. The first-order valence-electron chi connectivity index (χ1n) is 4.36. The van der Waals surface area contributed by atoms with Crippen LogP contribution in [0, 0.1) is 0 Å². The monoisotopic (exact) mass is 242 g/mol. The largest absolute Gasteiger partial charge is 0.363 e. The van der Waals surface area contributed by atoms with Gasteiger partial charge in [0.05, 0.1) is 0 Å². The van der Waals surface area contributed by atoms with E-state index in [1.807, 2.05) is 31.3 Å². The van der Waals surface area contributed by atoms with Crippen molar-refractivity contribution in [1.29, 1.82) is 0 Å². The molecule has 0 aliphatic heterocycles. The first-order chi connectivity index (χ1) is 6.09. The number of hydrogen-bond donors (Lipinski definition) is 0. The van der Waals surface area contributed by atoms with Crippen molar-refractivity contribution in [3.8, 4) is 0 Å². The van der Waals surface area contributed by atoms with Gasteiger partial charge in [0, 0.05) is 25.1 Å². The predicted molar refractivity (Wildman–Crippen MR) is 60.7 cm³/mol. The standard InChI is InChI=1S/C10H15BrN2/c1-8(11)6-9-4-5-10(12-7-9)13(2)3/h4-5,7-8H,6H2,1-3H3. The molecule has 1 aromatic heterocycles. The van der Waals surface area contributed by atoms with E-state index in [9.17, 15) is 0 Å². The van der Waals surface area contributed by atoms with Crippen LogP contribution in [0.5, 0.6) is 0 Å². The van der Waals surface area contributed by atoms with Crippen LogP contribution in [0.25, 0.3) is 0 Å². The molecule has 0 amide bonds. The Labute approximate surface area is 88.1 Å². The highest BCUT2D eigenvalue weighted by Gasteiger charge is 2.00. The van der Waals surface area contributed by atoms with Crippen LogP contribution in [0.1, 0.15) is 12.5 Å². The lowest BCUT2D eigenvalue weighted by Crippen LogP contribution is -2.10. The Morgan fingerprint density at radius 1 is 1.46 bits per heavy atom. The molecule has 1 rings (SSSR count). The summed E-state index contributed by atoms with van der Waals surface area (Å²) in [5.74, 6) is 1.01. The van der Waals surface area contributed by atoms with Gasteiger partial charge in [-0.1, -0.05) is 28.9 Å². The Morgan fingerprint density at radius 2 is 2.15 bits per heavy atom. The molecule has 0 aromatic carbocycles. The third-order valence-corrected chi connectivity index (χ3v) is 2.11. The smallest absolute Gasteiger partial charge is 0.127 e. The third kappa shape index (κ3) is 3.35. The number of anilines is 1. The van der Waals surface area contributed by atoms with Gasteiger partial charge in [0.25, 0.3) is 0 Å². The molecular formula is C10H15BrN2. The van der Waals surface area contributed by atoms with Gasteiger partial charge in [0.2, 0.25) is 0 Å². The van der Waals surface area contributed by atoms with E-state index in [4.69, 9.17) is 0 Å². The molecule has 0 aliphatic carbocycles. The molecule has 1 heterocycles. The second kappa shape index (κ2) is 4.61. The Bertz CT molecular complexity index is 254. The van der Waals surface area contributed by atoms with E-state index in [1.54, 1.807) is 0 Å². The molecule has 0 spiro atoms. The van der Waals surface area contributed by atoms with E-state index in [-0.39, 0.29) is 0 Å². The number of hydrogen-bond acceptors (Lipinski definition) is 2. The van der Waals surface area contributed by atoms with Gasteiger partial charge in [0.15, 0.2) is 0 Å². The van der Waals surface area contributed by atoms with Crippen molar-refractivity contribution in [2.75, 3.05) is 19.0 Å². The normalized spacial score (nSPS) is 12.6. The number of halogens is 1. The van der Waals surface area contributed by atoms with Gasteiger partial charge in [-0.25, -0.2) is 4.98 Å². The SMILES string of the molecule is CC(Br)Cc1ccc(N(C)C)nc1. The van der Waals surface area contributed by atoms with Crippen LogP contribution in [0.3, 0.4) is 0 Å². The van der Waals surface area contributed by atoms with Crippen molar-refractivity contribution >= 4 is 21.7 Å². The van der Waals surface area contributed by atoms with Crippen LogP contribution in [0.4, 0.5) is 5.82 Å². The molecule has 0 saturated heterocycles. The fourth-order valence-electron chi connectivity index (χ4n) is 1.13. The fourth-order valence-corrected chi connectivity index (χ4v) is 1.50. The van der Waals surface area contributed by atoms with Crippen LogP contribution in [-0.2, 0) is 6.42 Å². The predicted octanol–water partition coefficient (Wildman–Crippen LogP) is 2.47. The van der Waals surface area contributed by atoms with Gasteiger partial charge in [-0.15, -0.1) is 0 Å². The average molecular weight is 243 g/mol. The molecule has 1 atom stereocenters. The average Bonchev–Trinajstić information content (AvgIpc) is 2.04. The van der Waals surface area contributed by atoms with Crippen molar-refractivity contribution in [1.82, 2.24) is 4.98 Å². The van der Waals surface area contributed by atoms with Crippen LogP contribution >= 0.6 is 15.9 Å². The van der Waals surface area contributed by atoms with Crippen LogP contribution in [0.15, 0.2) is 18.3 Å². The van der Waals surface area contributed by atoms with Crippen LogP contribution in [0.2, 0.25) is 0 Å². The summed E-state index contributed by atoms with van der Waals surface area (Å²) in [6, 6.07) is 4.17. The number of rotatable bonds is 3. The Kier molecular flexibility index (Phi) is 3.72. The number of aromatic nitrogens is 1. The van der Waals surface area contributed by atoms with Crippen molar-refractivity contribution < 1.29 is 0 Å². The number of pyridine rings is 1. The van der Waals surface area contributed by atoms with E-state index >= 15 is 0 Å². The highest BCUT2D eigenvalue weighted by molar-refractivity contribution is 9.09. The van der Waals surface area contributed by atoms with E-state index in [0.717, 1.165) is 12.2 Å². The first-order valence-corrected chi connectivity index (χ1v) is 5.27. The summed E-state index contributed by atoms with van der Waals surface area (Å²) in [6.45, 7) is 2.14. The third-order valence-electron chi connectivity index (χ3n) is 1.78. The minimum atomic E-state index is 0.513. The summed E-state index contributed by atoms with van der Waals surface area (Å²) in [5, 5.41) is 0. The number of nitrogens with zero attached hydrogens (tertiary/aromatic N) is 2. The molecular weight excluding hydrogens is 228 g/mol. The zero-order valence-corrected chi connectivity index (χ0v) is 9.87. The molecule has 0 N–H and O–H groups in total. The lowest BCUT2D eigenvalue weighted by Gasteiger charge is -2.11. The molecule has 1 aromatic rings. The van der Waals surface area contributed by atoms with Gasteiger partial charge in [0.1, 0.15) is 5.82 Å². The summed E-state index contributed by atoms with van der Waals surface area (Å²) in [6.07, 6.45) is 2.97. The van der Waals surface area contributed by atoms with Gasteiger partial charge in [-0.05, 0) is 18.1 Å². The Morgan fingerprint density at radius 3 is 2.54 bits per heavy atom. The summed E-state index contributed by atoms with van der Waals surface area (Å²) >= 11 is 3.52. The Hall–Kier alpha value is -0.570. The minimum absolute atomic E-state index is 0.513. The van der Waals surface area contributed by atoms with Crippen molar-refractivity contribution in [3.05, 3.63) is 23.9 Å². The highest BCUT2D eigenvalue weighted by Crippen LogP contribution is 2.11. The van der Waals surface area contributed by atoms with Gasteiger partial charge in [-0.3, -0.25) is 0 Å². The van der Waals surface area contributed by atoms with E-state index in [0.29, 0.717) is 4.83 Å². The molecule has 1 unspecified atom stereocenters. The lowest BCUT2D eigenvalue weighted by molar-refractivity contribution is 0.944. The summed E-state index contributed by atoms with van der Waals surface area (Å²) in [7, 11) is 3.99. The van der Waals surface area contributed by atoms with Gasteiger partial charge >= 0.3 is 0 Å². The quantitative estimate of drug-likeness (QED) is 0.758. The second-order valence-electron chi connectivity index (χ2n) is 3.40. The second-order valence-corrected chi connectivity index (χ2v) is 4.97. The highest BCUT2D eigenvalue weighted by atomic mass is 79.9. The van der Waals surface area contributed by atoms with E-state index < -0.39 is 0 Å². The molecule has 0 bridgehead atoms. The van der Waals surface area contributed by atoms with Crippen molar-refractivity contribution in [2.24, 2.45) is 0 Å². The molecule has 2 nitrogen and oxygen atoms in total. The fraction of sp³-hybridized carbons (Fsp3) is 0.500. The lowest BCUT2D eigenvalue weighted by atomic mass is 10.2. The molecule has 72 valence electrons. The molecule has 0 fully saturated rings. The van der Waals surface area contributed by atoms with Gasteiger partial charge < -0.3 is 4.90 Å². The topological polar surface area (TPSA) is 16.1 Å². The zero-order chi connectivity index (χ0) is 9.84. The molecule has 0 saturated carbocycles. The van der Waals surface area contributed by atoms with E-state index in [2.05, 4.69) is 33.9 Å². The zero-order valence-electron chi connectivity index (χ0n) is 8.29. The Balaban J connectivity index is 2.70. The van der Waals surface area contributed by atoms with Crippen LogP contribution < -0.4 is 4.90 Å². The maximum atomic E-state index is 4.34. The number of alkyl halides is 1. The van der Waals surface area contributed by atoms with E-state index in [1.165, 1.54) is 5.56 Å². The van der Waals surface area contributed by atoms with Crippen LogP contribution in [-0.4, -0.2) is 23.9 Å². The summed E-state index contributed by atoms with van der Waals surface area (Å²) in [4.78, 5) is 6.85.